The highest BCUT2D eigenvalue weighted by Crippen LogP contribution is 2.25. The van der Waals surface area contributed by atoms with Crippen LogP contribution in [-0.2, 0) is 0 Å². The van der Waals surface area contributed by atoms with E-state index >= 15 is 0 Å². The van der Waals surface area contributed by atoms with Crippen LogP contribution in [0.5, 0.6) is 0 Å². The molecule has 0 aromatic heterocycles. The van der Waals surface area contributed by atoms with E-state index in [1.807, 2.05) is 0 Å². The lowest BCUT2D eigenvalue weighted by Crippen LogP contribution is -2.12. The van der Waals surface area contributed by atoms with Crippen molar-refractivity contribution in [1.82, 2.24) is 0 Å². The summed E-state index contributed by atoms with van der Waals surface area (Å²) in [6.07, 6.45) is 0. The van der Waals surface area contributed by atoms with Crippen molar-refractivity contribution in [2.24, 2.45) is 0 Å². The normalized spacial score (nSPS) is 10.2. The average molecular weight is 284 g/mol. The first-order chi connectivity index (χ1) is 8.56. The number of halogens is 3. The zero-order valence-electron chi connectivity index (χ0n) is 9.08. The number of rotatable bonds is 2. The molecule has 1 N–H and O–H groups in total. The third-order valence-electron chi connectivity index (χ3n) is 2.29. The molecule has 0 aliphatic rings. The van der Waals surface area contributed by atoms with Gasteiger partial charge in [0.2, 0.25) is 0 Å². The van der Waals surface area contributed by atoms with Gasteiger partial charge in [-0.1, -0.05) is 23.2 Å². The van der Waals surface area contributed by atoms with Gasteiger partial charge in [0.1, 0.15) is 5.82 Å². The first-order valence-corrected chi connectivity index (χ1v) is 5.84. The minimum Gasteiger partial charge on any atom is -0.321 e. The van der Waals surface area contributed by atoms with E-state index in [4.69, 9.17) is 23.2 Å². The predicted molar refractivity (Wildman–Crippen MR) is 70.8 cm³/mol. The van der Waals surface area contributed by atoms with Gasteiger partial charge >= 0.3 is 0 Å². The minimum atomic E-state index is -0.393. The second kappa shape index (κ2) is 5.38. The van der Waals surface area contributed by atoms with E-state index in [2.05, 4.69) is 5.32 Å². The van der Waals surface area contributed by atoms with E-state index in [9.17, 15) is 9.18 Å². The summed E-state index contributed by atoms with van der Waals surface area (Å²) >= 11 is 11.7. The SMILES string of the molecule is O=C(Nc1ccc(Cl)cc1Cl)c1ccc(F)cc1. The Hall–Kier alpha value is -1.58. The smallest absolute Gasteiger partial charge is 0.255 e. The van der Waals surface area contributed by atoms with Crippen LogP contribution in [-0.4, -0.2) is 5.91 Å². The van der Waals surface area contributed by atoms with Gasteiger partial charge in [0.05, 0.1) is 10.7 Å². The van der Waals surface area contributed by atoms with Crippen LogP contribution in [0.25, 0.3) is 0 Å². The third-order valence-corrected chi connectivity index (χ3v) is 2.83. The summed E-state index contributed by atoms with van der Waals surface area (Å²) in [5, 5.41) is 3.45. The van der Waals surface area contributed by atoms with Gasteiger partial charge in [0.15, 0.2) is 0 Å². The lowest BCUT2D eigenvalue weighted by Gasteiger charge is -2.07. The van der Waals surface area contributed by atoms with E-state index in [0.717, 1.165) is 0 Å². The van der Waals surface area contributed by atoms with Crippen molar-refractivity contribution < 1.29 is 9.18 Å². The van der Waals surface area contributed by atoms with Gasteiger partial charge in [-0.15, -0.1) is 0 Å². The Morgan fingerprint density at radius 2 is 1.72 bits per heavy atom. The van der Waals surface area contributed by atoms with Gasteiger partial charge in [-0.3, -0.25) is 4.79 Å². The maximum absolute atomic E-state index is 12.7. The van der Waals surface area contributed by atoms with E-state index in [-0.39, 0.29) is 5.91 Å². The van der Waals surface area contributed by atoms with Crippen molar-refractivity contribution in [3.8, 4) is 0 Å². The van der Waals surface area contributed by atoms with Crippen LogP contribution in [0.3, 0.4) is 0 Å². The summed E-state index contributed by atoms with van der Waals surface area (Å²) < 4.78 is 12.7. The second-order valence-corrected chi connectivity index (χ2v) is 4.43. The first-order valence-electron chi connectivity index (χ1n) is 5.08. The monoisotopic (exact) mass is 283 g/mol. The largest absolute Gasteiger partial charge is 0.321 e. The Bertz CT molecular complexity index is 584. The molecule has 0 aliphatic heterocycles. The molecule has 5 heteroatoms. The van der Waals surface area contributed by atoms with Crippen molar-refractivity contribution in [3.05, 3.63) is 63.9 Å². The molecule has 0 bridgehead atoms. The molecular formula is C13H8Cl2FNO. The molecule has 0 unspecified atom stereocenters. The topological polar surface area (TPSA) is 29.1 Å². The molecule has 0 fully saturated rings. The number of benzene rings is 2. The van der Waals surface area contributed by atoms with E-state index in [1.54, 1.807) is 12.1 Å². The molecule has 0 spiro atoms. The van der Waals surface area contributed by atoms with Gasteiger partial charge in [-0.2, -0.15) is 0 Å². The predicted octanol–water partition coefficient (Wildman–Crippen LogP) is 4.38. The van der Waals surface area contributed by atoms with E-state index in [0.29, 0.717) is 21.3 Å². The van der Waals surface area contributed by atoms with Gasteiger partial charge in [-0.25, -0.2) is 4.39 Å². The second-order valence-electron chi connectivity index (χ2n) is 3.59. The van der Waals surface area contributed by atoms with Crippen LogP contribution in [0.1, 0.15) is 10.4 Å². The summed E-state index contributed by atoms with van der Waals surface area (Å²) in [6, 6.07) is 9.99. The van der Waals surface area contributed by atoms with Gasteiger partial charge < -0.3 is 5.32 Å². The molecule has 0 heterocycles. The molecule has 1 amide bonds. The number of amides is 1. The fourth-order valence-corrected chi connectivity index (χ4v) is 1.84. The van der Waals surface area contributed by atoms with Crippen molar-refractivity contribution >= 4 is 34.8 Å². The quantitative estimate of drug-likeness (QED) is 0.870. The van der Waals surface area contributed by atoms with Crippen molar-refractivity contribution in [1.29, 1.82) is 0 Å². The summed E-state index contributed by atoms with van der Waals surface area (Å²) in [7, 11) is 0. The summed E-state index contributed by atoms with van der Waals surface area (Å²) in [5.74, 6) is -0.754. The number of anilines is 1. The molecule has 2 aromatic carbocycles. The van der Waals surface area contributed by atoms with Crippen LogP contribution in [0.15, 0.2) is 42.5 Å². The van der Waals surface area contributed by atoms with E-state index in [1.165, 1.54) is 30.3 Å². The summed E-state index contributed by atoms with van der Waals surface area (Å²) in [4.78, 5) is 11.8. The molecule has 2 rings (SSSR count). The lowest BCUT2D eigenvalue weighted by atomic mass is 10.2. The number of carbonyl (C=O) groups is 1. The Morgan fingerprint density at radius 3 is 2.33 bits per heavy atom. The zero-order chi connectivity index (χ0) is 13.1. The number of nitrogens with one attached hydrogen (secondary N) is 1. The molecule has 0 aliphatic carbocycles. The maximum Gasteiger partial charge on any atom is 0.255 e. The highest BCUT2D eigenvalue weighted by Gasteiger charge is 2.08. The van der Waals surface area contributed by atoms with Gasteiger partial charge in [-0.05, 0) is 42.5 Å². The van der Waals surface area contributed by atoms with Crippen LogP contribution >= 0.6 is 23.2 Å². The van der Waals surface area contributed by atoms with Crippen LogP contribution in [0, 0.1) is 5.82 Å². The van der Waals surface area contributed by atoms with Crippen molar-refractivity contribution in [3.63, 3.8) is 0 Å². The number of hydrogen-bond acceptors (Lipinski definition) is 1. The third kappa shape index (κ3) is 3.00. The molecule has 92 valence electrons. The fraction of sp³-hybridized carbons (Fsp3) is 0. The van der Waals surface area contributed by atoms with Crippen molar-refractivity contribution in [2.75, 3.05) is 5.32 Å². The van der Waals surface area contributed by atoms with Gasteiger partial charge in [0, 0.05) is 10.6 Å². The zero-order valence-corrected chi connectivity index (χ0v) is 10.6. The first kappa shape index (κ1) is 12.9. The maximum atomic E-state index is 12.7. The molecule has 0 atom stereocenters. The Morgan fingerprint density at radius 1 is 1.06 bits per heavy atom. The average Bonchev–Trinajstić information content (AvgIpc) is 2.33. The van der Waals surface area contributed by atoms with Gasteiger partial charge in [0.25, 0.3) is 5.91 Å². The molecule has 2 aromatic rings. The molecule has 0 radical (unpaired) electrons. The van der Waals surface area contributed by atoms with E-state index < -0.39 is 5.82 Å². The number of hydrogen-bond donors (Lipinski definition) is 1. The fourth-order valence-electron chi connectivity index (χ4n) is 1.39. The minimum absolute atomic E-state index is 0.345. The summed E-state index contributed by atoms with van der Waals surface area (Å²) in [5.41, 5.74) is 0.804. The highest BCUT2D eigenvalue weighted by atomic mass is 35.5. The Labute approximate surface area is 113 Å². The molecule has 0 saturated carbocycles. The standard InChI is InChI=1S/C13H8Cl2FNO/c14-9-3-6-12(11(15)7-9)17-13(18)8-1-4-10(16)5-2-8/h1-7H,(H,17,18). The molecule has 18 heavy (non-hydrogen) atoms. The Kier molecular flexibility index (Phi) is 3.84. The van der Waals surface area contributed by atoms with Crippen molar-refractivity contribution in [2.45, 2.75) is 0 Å². The van der Waals surface area contributed by atoms with Crippen LogP contribution < -0.4 is 5.32 Å². The lowest BCUT2D eigenvalue weighted by molar-refractivity contribution is 0.102. The summed E-state index contributed by atoms with van der Waals surface area (Å²) in [6.45, 7) is 0. The van der Waals surface area contributed by atoms with Crippen LogP contribution in [0.2, 0.25) is 10.0 Å². The Balaban J connectivity index is 2.18. The van der Waals surface area contributed by atoms with Crippen LogP contribution in [0.4, 0.5) is 10.1 Å². The molecular weight excluding hydrogens is 276 g/mol. The number of carbonyl (C=O) groups excluding carboxylic acids is 1. The highest BCUT2D eigenvalue weighted by molar-refractivity contribution is 6.36. The molecule has 0 saturated heterocycles. The molecule has 2 nitrogen and oxygen atoms in total.